The second kappa shape index (κ2) is 7.46. The maximum Gasteiger partial charge on any atom is 0.241 e. The van der Waals surface area contributed by atoms with Crippen LogP contribution >= 0.6 is 0 Å². The molecule has 0 aliphatic carbocycles. The molecule has 3 N–H and O–H groups in total. The fourth-order valence-electron chi connectivity index (χ4n) is 2.44. The summed E-state index contributed by atoms with van der Waals surface area (Å²) in [5, 5.41) is 2.98. The van der Waals surface area contributed by atoms with Crippen LogP contribution < -0.4 is 11.1 Å². The van der Waals surface area contributed by atoms with E-state index in [9.17, 15) is 4.79 Å². The van der Waals surface area contributed by atoms with Crippen LogP contribution in [0.25, 0.3) is 0 Å². The van der Waals surface area contributed by atoms with Crippen molar-refractivity contribution in [3.05, 3.63) is 23.8 Å². The first-order valence-electron chi connectivity index (χ1n) is 7.62. The lowest BCUT2D eigenvalue weighted by Crippen LogP contribution is -2.44. The van der Waals surface area contributed by atoms with Gasteiger partial charge < -0.3 is 11.1 Å². The Bertz CT molecular complexity index is 485. The van der Waals surface area contributed by atoms with Crippen molar-refractivity contribution in [1.82, 2.24) is 4.90 Å². The van der Waals surface area contributed by atoms with E-state index in [2.05, 4.69) is 31.0 Å². The molecular weight excluding hydrogens is 262 g/mol. The minimum absolute atomic E-state index is 0.00167. The van der Waals surface area contributed by atoms with E-state index < -0.39 is 0 Å². The van der Waals surface area contributed by atoms with Crippen LogP contribution in [0.3, 0.4) is 0 Å². The van der Waals surface area contributed by atoms with Crippen LogP contribution in [0.4, 0.5) is 11.4 Å². The zero-order valence-electron chi connectivity index (χ0n) is 14.1. The highest BCUT2D eigenvalue weighted by Crippen LogP contribution is 2.21. The number of likely N-dealkylation sites (N-methyl/N-ethyl adjacent to an activating group) is 1. The molecule has 2 unspecified atom stereocenters. The van der Waals surface area contributed by atoms with Gasteiger partial charge in [0, 0.05) is 17.4 Å². The van der Waals surface area contributed by atoms with Crippen molar-refractivity contribution in [2.24, 2.45) is 5.92 Å². The number of nitrogens with zero attached hydrogens (tertiary/aromatic N) is 1. The summed E-state index contributed by atoms with van der Waals surface area (Å²) >= 11 is 0. The molecule has 4 heteroatoms. The zero-order valence-corrected chi connectivity index (χ0v) is 14.1. The summed E-state index contributed by atoms with van der Waals surface area (Å²) < 4.78 is 0. The van der Waals surface area contributed by atoms with Crippen LogP contribution in [-0.2, 0) is 4.79 Å². The van der Waals surface area contributed by atoms with Gasteiger partial charge in [0.15, 0.2) is 0 Å². The van der Waals surface area contributed by atoms with Crippen molar-refractivity contribution in [3.63, 3.8) is 0 Å². The second-order valence-electron chi connectivity index (χ2n) is 6.33. The number of hydrogen-bond donors (Lipinski definition) is 2. The smallest absolute Gasteiger partial charge is 0.241 e. The minimum atomic E-state index is -0.181. The molecule has 0 spiro atoms. The topological polar surface area (TPSA) is 58.4 Å². The van der Waals surface area contributed by atoms with Gasteiger partial charge in [0.1, 0.15) is 0 Å². The average Bonchev–Trinajstić information content (AvgIpc) is 2.41. The van der Waals surface area contributed by atoms with Crippen molar-refractivity contribution in [2.75, 3.05) is 18.1 Å². The number of nitrogen functional groups attached to an aromatic ring is 1. The minimum Gasteiger partial charge on any atom is -0.398 e. The van der Waals surface area contributed by atoms with Crippen molar-refractivity contribution in [3.8, 4) is 0 Å². The summed E-state index contributed by atoms with van der Waals surface area (Å²) in [5.41, 5.74) is 8.27. The SMILES string of the molecule is Cc1c(N)cccc1NC(=O)C(C)N(C)C(C)CC(C)C. The van der Waals surface area contributed by atoms with Gasteiger partial charge in [0.25, 0.3) is 0 Å². The predicted molar refractivity (Wildman–Crippen MR) is 90.4 cm³/mol. The van der Waals surface area contributed by atoms with Crippen molar-refractivity contribution < 1.29 is 4.79 Å². The second-order valence-corrected chi connectivity index (χ2v) is 6.33. The number of rotatable bonds is 6. The lowest BCUT2D eigenvalue weighted by molar-refractivity contribution is -0.121. The molecule has 1 amide bonds. The van der Waals surface area contributed by atoms with Gasteiger partial charge in [0.05, 0.1) is 6.04 Å². The molecule has 1 rings (SSSR count). The molecule has 0 saturated heterocycles. The first-order chi connectivity index (χ1) is 9.73. The lowest BCUT2D eigenvalue weighted by atomic mass is 10.0. The molecule has 0 aromatic heterocycles. The molecule has 4 nitrogen and oxygen atoms in total. The first kappa shape index (κ1) is 17.5. The van der Waals surface area contributed by atoms with Crippen LogP contribution in [0.1, 0.15) is 39.7 Å². The fourth-order valence-corrected chi connectivity index (χ4v) is 2.44. The van der Waals surface area contributed by atoms with Crippen LogP contribution in [0, 0.1) is 12.8 Å². The molecule has 0 saturated carbocycles. The van der Waals surface area contributed by atoms with E-state index in [1.807, 2.05) is 39.1 Å². The van der Waals surface area contributed by atoms with E-state index in [0.29, 0.717) is 17.6 Å². The maximum absolute atomic E-state index is 12.4. The Labute approximate surface area is 128 Å². The third-order valence-electron chi connectivity index (χ3n) is 4.13. The Balaban J connectivity index is 2.72. The highest BCUT2D eigenvalue weighted by molar-refractivity contribution is 5.95. The first-order valence-corrected chi connectivity index (χ1v) is 7.62. The number of benzene rings is 1. The highest BCUT2D eigenvalue weighted by Gasteiger charge is 2.23. The standard InChI is InChI=1S/C17H29N3O/c1-11(2)10-12(3)20(6)14(5)17(21)19-16-9-7-8-15(18)13(16)4/h7-9,11-12,14H,10,18H2,1-6H3,(H,19,21). The number of hydrogen-bond acceptors (Lipinski definition) is 3. The third kappa shape index (κ3) is 4.74. The summed E-state index contributed by atoms with van der Waals surface area (Å²) in [6, 6.07) is 5.76. The monoisotopic (exact) mass is 291 g/mol. The van der Waals surface area contributed by atoms with Gasteiger partial charge in [-0.15, -0.1) is 0 Å². The fraction of sp³-hybridized carbons (Fsp3) is 0.588. The van der Waals surface area contributed by atoms with Crippen molar-refractivity contribution in [2.45, 2.75) is 53.1 Å². The van der Waals surface area contributed by atoms with Gasteiger partial charge in [-0.1, -0.05) is 19.9 Å². The maximum atomic E-state index is 12.4. The highest BCUT2D eigenvalue weighted by atomic mass is 16.2. The Morgan fingerprint density at radius 1 is 1.29 bits per heavy atom. The summed E-state index contributed by atoms with van der Waals surface area (Å²) in [7, 11) is 2.00. The molecule has 118 valence electrons. The summed E-state index contributed by atoms with van der Waals surface area (Å²) in [6.07, 6.45) is 1.07. The van der Waals surface area contributed by atoms with Crippen LogP contribution in [-0.4, -0.2) is 29.9 Å². The van der Waals surface area contributed by atoms with Crippen molar-refractivity contribution >= 4 is 17.3 Å². The Kier molecular flexibility index (Phi) is 6.21. The molecule has 0 aliphatic heterocycles. The number of nitrogens with one attached hydrogen (secondary N) is 1. The number of anilines is 2. The van der Waals surface area contributed by atoms with Gasteiger partial charge in [-0.05, 0) is 57.9 Å². The van der Waals surface area contributed by atoms with Gasteiger partial charge in [0.2, 0.25) is 5.91 Å². The van der Waals surface area contributed by atoms with Crippen LogP contribution in [0.5, 0.6) is 0 Å². The number of carbonyl (C=O) groups is 1. The van der Waals surface area contributed by atoms with Crippen LogP contribution in [0.15, 0.2) is 18.2 Å². The summed E-state index contributed by atoms with van der Waals surface area (Å²) in [4.78, 5) is 14.5. The molecule has 0 radical (unpaired) electrons. The van der Waals surface area contributed by atoms with Gasteiger partial charge in [-0.25, -0.2) is 0 Å². The van der Waals surface area contributed by atoms with E-state index in [1.165, 1.54) is 0 Å². The van der Waals surface area contributed by atoms with E-state index in [0.717, 1.165) is 17.7 Å². The van der Waals surface area contributed by atoms with E-state index >= 15 is 0 Å². The summed E-state index contributed by atoms with van der Waals surface area (Å²) in [5.74, 6) is 0.621. The largest absolute Gasteiger partial charge is 0.398 e. The number of carbonyl (C=O) groups excluding carboxylic acids is 1. The predicted octanol–water partition coefficient (Wildman–Crippen LogP) is 3.27. The Morgan fingerprint density at radius 2 is 1.90 bits per heavy atom. The third-order valence-corrected chi connectivity index (χ3v) is 4.13. The normalized spacial score (nSPS) is 14.3. The number of amides is 1. The zero-order chi connectivity index (χ0) is 16.2. The molecular formula is C17H29N3O. The molecule has 0 bridgehead atoms. The van der Waals surface area contributed by atoms with Crippen LogP contribution in [0.2, 0.25) is 0 Å². The molecule has 21 heavy (non-hydrogen) atoms. The molecule has 0 aliphatic rings. The van der Waals surface area contributed by atoms with E-state index in [4.69, 9.17) is 5.73 Å². The van der Waals surface area contributed by atoms with Gasteiger partial charge in [-0.2, -0.15) is 0 Å². The lowest BCUT2D eigenvalue weighted by Gasteiger charge is -2.31. The Hall–Kier alpha value is -1.55. The number of nitrogens with two attached hydrogens (primary N) is 1. The average molecular weight is 291 g/mol. The van der Waals surface area contributed by atoms with Crippen molar-refractivity contribution in [1.29, 1.82) is 0 Å². The molecule has 1 aromatic carbocycles. The Morgan fingerprint density at radius 3 is 2.48 bits per heavy atom. The summed E-state index contributed by atoms with van der Waals surface area (Å²) in [6.45, 7) is 10.4. The van der Waals surface area contributed by atoms with Gasteiger partial charge in [-0.3, -0.25) is 9.69 Å². The molecule has 0 heterocycles. The quantitative estimate of drug-likeness (QED) is 0.791. The molecule has 0 fully saturated rings. The van der Waals surface area contributed by atoms with E-state index in [1.54, 1.807) is 0 Å². The molecule has 1 aromatic rings. The molecule has 2 atom stereocenters. The van der Waals surface area contributed by atoms with Gasteiger partial charge >= 0.3 is 0 Å². The van der Waals surface area contributed by atoms with E-state index in [-0.39, 0.29) is 11.9 Å².